The Morgan fingerprint density at radius 1 is 1.47 bits per heavy atom. The molecule has 0 aliphatic heterocycles. The molecule has 0 saturated carbocycles. The predicted octanol–water partition coefficient (Wildman–Crippen LogP) is 1.58. The molecule has 4 nitrogen and oxygen atoms in total. The van der Waals surface area contributed by atoms with Crippen LogP contribution in [0.1, 0.15) is 17.2 Å². The van der Waals surface area contributed by atoms with Crippen molar-refractivity contribution in [2.24, 2.45) is 0 Å². The number of nitrogens with zero attached hydrogens (tertiary/aromatic N) is 2. The monoisotopic (exact) mass is 204 g/mol. The molecule has 0 fully saturated rings. The molecule has 1 N–H and O–H groups in total. The lowest BCUT2D eigenvalue weighted by molar-refractivity contribution is -0.136. The van der Waals surface area contributed by atoms with Gasteiger partial charge in [-0.15, -0.1) is 0 Å². The number of carbonyl (C=O) groups is 1. The number of pyridine rings is 1. The Morgan fingerprint density at radius 2 is 2.20 bits per heavy atom. The van der Waals surface area contributed by atoms with E-state index >= 15 is 0 Å². The topological polar surface area (TPSA) is 54.6 Å². The van der Waals surface area contributed by atoms with Crippen LogP contribution in [0, 0.1) is 13.8 Å². The molecule has 0 amide bonds. The van der Waals surface area contributed by atoms with E-state index in [0.29, 0.717) is 0 Å². The van der Waals surface area contributed by atoms with Gasteiger partial charge in [-0.2, -0.15) is 0 Å². The zero-order chi connectivity index (χ0) is 11.0. The van der Waals surface area contributed by atoms with Crippen LogP contribution in [0.15, 0.2) is 18.2 Å². The molecule has 0 spiro atoms. The fraction of sp³-hybridized carbons (Fsp3) is 0.273. The first-order valence-electron chi connectivity index (χ1n) is 4.75. The Balaban J connectivity index is 2.69. The van der Waals surface area contributed by atoms with E-state index in [-0.39, 0.29) is 6.42 Å². The number of carboxylic acids is 1. The van der Waals surface area contributed by atoms with Gasteiger partial charge in [0.25, 0.3) is 0 Å². The Labute approximate surface area is 87.2 Å². The van der Waals surface area contributed by atoms with Crippen LogP contribution in [0.4, 0.5) is 0 Å². The Hall–Kier alpha value is -1.84. The number of hydrogen-bond donors (Lipinski definition) is 1. The lowest BCUT2D eigenvalue weighted by atomic mass is 10.2. The summed E-state index contributed by atoms with van der Waals surface area (Å²) < 4.78 is 1.89. The number of aryl methyl sites for hydroxylation is 2. The largest absolute Gasteiger partial charge is 0.481 e. The number of fused-ring (bicyclic) bond motifs is 1. The molecule has 0 aliphatic carbocycles. The summed E-state index contributed by atoms with van der Waals surface area (Å²) in [6.45, 7) is 3.80. The van der Waals surface area contributed by atoms with E-state index < -0.39 is 5.97 Å². The smallest absolute Gasteiger partial charge is 0.309 e. The first kappa shape index (κ1) is 9.71. The third kappa shape index (κ3) is 1.58. The normalized spacial score (nSPS) is 10.8. The number of aromatic nitrogens is 2. The molecule has 0 bridgehead atoms. The summed E-state index contributed by atoms with van der Waals surface area (Å²) in [6.07, 6.45) is 0.0218. The van der Waals surface area contributed by atoms with E-state index in [1.165, 1.54) is 0 Å². The van der Waals surface area contributed by atoms with Crippen LogP contribution in [0.25, 0.3) is 5.52 Å². The third-order valence-corrected chi connectivity index (χ3v) is 2.43. The summed E-state index contributed by atoms with van der Waals surface area (Å²) in [5, 5.41) is 8.79. The minimum absolute atomic E-state index is 0.0218. The van der Waals surface area contributed by atoms with E-state index in [9.17, 15) is 4.79 Å². The second kappa shape index (κ2) is 3.38. The van der Waals surface area contributed by atoms with Gasteiger partial charge in [-0.25, -0.2) is 4.98 Å². The van der Waals surface area contributed by atoms with Crippen molar-refractivity contribution in [3.8, 4) is 0 Å². The summed E-state index contributed by atoms with van der Waals surface area (Å²) >= 11 is 0. The van der Waals surface area contributed by atoms with E-state index in [2.05, 4.69) is 4.98 Å². The maximum absolute atomic E-state index is 10.7. The fourth-order valence-electron chi connectivity index (χ4n) is 1.86. The molecule has 15 heavy (non-hydrogen) atoms. The van der Waals surface area contributed by atoms with Crippen molar-refractivity contribution < 1.29 is 9.90 Å². The fourth-order valence-corrected chi connectivity index (χ4v) is 1.86. The van der Waals surface area contributed by atoms with Crippen molar-refractivity contribution >= 4 is 11.5 Å². The molecule has 0 radical (unpaired) electrons. The van der Waals surface area contributed by atoms with E-state index in [1.54, 1.807) is 0 Å². The van der Waals surface area contributed by atoms with Gasteiger partial charge in [-0.1, -0.05) is 6.07 Å². The van der Waals surface area contributed by atoms with Gasteiger partial charge in [0.15, 0.2) is 0 Å². The van der Waals surface area contributed by atoms with E-state index in [4.69, 9.17) is 5.11 Å². The van der Waals surface area contributed by atoms with Gasteiger partial charge in [0.2, 0.25) is 0 Å². The molecule has 78 valence electrons. The molecule has 2 aromatic heterocycles. The number of rotatable bonds is 2. The first-order valence-corrected chi connectivity index (χ1v) is 4.75. The van der Waals surface area contributed by atoms with Crippen molar-refractivity contribution in [1.29, 1.82) is 0 Å². The van der Waals surface area contributed by atoms with Gasteiger partial charge in [-0.05, 0) is 26.0 Å². The van der Waals surface area contributed by atoms with Crippen molar-refractivity contribution in [3.63, 3.8) is 0 Å². The van der Waals surface area contributed by atoms with Gasteiger partial charge >= 0.3 is 5.97 Å². The summed E-state index contributed by atoms with van der Waals surface area (Å²) in [5.41, 5.74) is 2.67. The second-order valence-corrected chi connectivity index (χ2v) is 3.55. The van der Waals surface area contributed by atoms with Gasteiger partial charge in [0.1, 0.15) is 5.82 Å². The highest BCUT2D eigenvalue weighted by molar-refractivity contribution is 5.70. The molecule has 0 aliphatic rings. The summed E-state index contributed by atoms with van der Waals surface area (Å²) in [5.74, 6) is 0.00704. The third-order valence-electron chi connectivity index (χ3n) is 2.43. The minimum atomic E-state index is -0.826. The van der Waals surface area contributed by atoms with Crippen LogP contribution >= 0.6 is 0 Å². The average molecular weight is 204 g/mol. The van der Waals surface area contributed by atoms with Crippen LogP contribution in [-0.2, 0) is 11.2 Å². The van der Waals surface area contributed by atoms with Crippen molar-refractivity contribution in [3.05, 3.63) is 35.4 Å². The molecule has 4 heteroatoms. The molecular formula is C11H12N2O2. The second-order valence-electron chi connectivity index (χ2n) is 3.55. The van der Waals surface area contributed by atoms with Crippen molar-refractivity contribution in [2.45, 2.75) is 20.3 Å². The Bertz CT molecular complexity index is 529. The summed E-state index contributed by atoms with van der Waals surface area (Å²) in [7, 11) is 0. The van der Waals surface area contributed by atoms with Gasteiger partial charge < -0.3 is 9.51 Å². The van der Waals surface area contributed by atoms with Crippen molar-refractivity contribution in [2.75, 3.05) is 0 Å². The van der Waals surface area contributed by atoms with Crippen molar-refractivity contribution in [1.82, 2.24) is 9.38 Å². The summed E-state index contributed by atoms with van der Waals surface area (Å²) in [6, 6.07) is 5.62. The maximum atomic E-state index is 10.7. The summed E-state index contributed by atoms with van der Waals surface area (Å²) in [4.78, 5) is 15.0. The van der Waals surface area contributed by atoms with Gasteiger partial charge in [-0.3, -0.25) is 4.79 Å². The molecule has 2 heterocycles. The highest BCUT2D eigenvalue weighted by Crippen LogP contribution is 2.15. The number of carboxylic acid groups (broad SMARTS) is 1. The SMILES string of the molecule is Cc1nc(C)n2c(CC(=O)O)cccc12. The standard InChI is InChI=1S/C11H12N2O2/c1-7-10-5-3-4-9(6-11(14)15)13(10)8(2)12-7/h3-5H,6H2,1-2H3,(H,14,15). The highest BCUT2D eigenvalue weighted by Gasteiger charge is 2.09. The van der Waals surface area contributed by atoms with Crippen LogP contribution in [0.5, 0.6) is 0 Å². The quantitative estimate of drug-likeness (QED) is 0.808. The molecule has 0 saturated heterocycles. The predicted molar refractivity (Wildman–Crippen MR) is 56.0 cm³/mol. The van der Waals surface area contributed by atoms with E-state index in [1.807, 2.05) is 36.4 Å². The molecule has 0 atom stereocenters. The number of imidazole rings is 1. The molecule has 0 aromatic carbocycles. The zero-order valence-electron chi connectivity index (χ0n) is 8.69. The zero-order valence-corrected chi connectivity index (χ0v) is 8.69. The van der Waals surface area contributed by atoms with Gasteiger partial charge in [0, 0.05) is 5.69 Å². The Morgan fingerprint density at radius 3 is 2.87 bits per heavy atom. The lowest BCUT2D eigenvalue weighted by Crippen LogP contribution is -2.06. The van der Waals surface area contributed by atoms with Crippen LogP contribution < -0.4 is 0 Å². The van der Waals surface area contributed by atoms with Crippen LogP contribution in [0.3, 0.4) is 0 Å². The van der Waals surface area contributed by atoms with Gasteiger partial charge in [0.05, 0.1) is 17.6 Å². The molecular weight excluding hydrogens is 192 g/mol. The Kier molecular flexibility index (Phi) is 2.19. The lowest BCUT2D eigenvalue weighted by Gasteiger charge is -2.04. The molecule has 2 rings (SSSR count). The molecule has 0 unspecified atom stereocenters. The highest BCUT2D eigenvalue weighted by atomic mass is 16.4. The minimum Gasteiger partial charge on any atom is -0.481 e. The molecule has 2 aromatic rings. The number of hydrogen-bond acceptors (Lipinski definition) is 2. The van der Waals surface area contributed by atoms with E-state index in [0.717, 1.165) is 22.7 Å². The van der Waals surface area contributed by atoms with Crippen LogP contribution in [-0.4, -0.2) is 20.5 Å². The number of aliphatic carboxylic acids is 1. The van der Waals surface area contributed by atoms with Crippen LogP contribution in [0.2, 0.25) is 0 Å². The first-order chi connectivity index (χ1) is 7.09. The average Bonchev–Trinajstić information content (AvgIpc) is 2.43. The maximum Gasteiger partial charge on any atom is 0.309 e.